The van der Waals surface area contributed by atoms with Crippen molar-refractivity contribution >= 4 is 39.8 Å². The molecule has 1 fully saturated rings. The standard InChI is InChI=1S/C25H20N4O4S/c26-13-17-8-10-21(34-17)15-5-9-20-19(12-15)24(31)29-11-1-2-18(22(29)28-20)23(30)27-16-6-3-14(4-7-16)25(32)33/h1-2,5,8-12,14,16H,3-4,6-7H2,(H,27,30)(H,32,33). The van der Waals surface area contributed by atoms with Crippen LogP contribution in [0.4, 0.5) is 0 Å². The summed E-state index contributed by atoms with van der Waals surface area (Å²) in [6.07, 6.45) is 3.84. The van der Waals surface area contributed by atoms with E-state index in [1.54, 1.807) is 36.5 Å². The van der Waals surface area contributed by atoms with Gasteiger partial charge in [0.05, 0.1) is 22.4 Å². The molecule has 2 N–H and O–H groups in total. The minimum Gasteiger partial charge on any atom is -0.481 e. The molecule has 170 valence electrons. The van der Waals surface area contributed by atoms with E-state index in [0.29, 0.717) is 47.0 Å². The van der Waals surface area contributed by atoms with Crippen LogP contribution in [0.1, 0.15) is 40.9 Å². The van der Waals surface area contributed by atoms with Crippen LogP contribution in [0.2, 0.25) is 0 Å². The molecule has 5 rings (SSSR count). The Morgan fingerprint density at radius 3 is 2.65 bits per heavy atom. The molecule has 0 radical (unpaired) electrons. The normalized spacial score (nSPS) is 18.0. The fourth-order valence-electron chi connectivity index (χ4n) is 4.46. The summed E-state index contributed by atoms with van der Waals surface area (Å²) in [5.74, 6) is -1.48. The quantitative estimate of drug-likeness (QED) is 0.435. The second kappa shape index (κ2) is 8.72. The SMILES string of the molecule is N#Cc1ccc(-c2ccc3nc4c(C(=O)NC5CCC(C(=O)O)CC5)cccn4c(=O)c3c2)s1. The number of benzene rings is 1. The van der Waals surface area contributed by atoms with Crippen molar-refractivity contribution in [1.82, 2.24) is 14.7 Å². The predicted molar refractivity (Wildman–Crippen MR) is 128 cm³/mol. The number of aliphatic carboxylic acids is 1. The van der Waals surface area contributed by atoms with Crippen LogP contribution >= 0.6 is 11.3 Å². The number of nitrogens with one attached hydrogen (secondary N) is 1. The van der Waals surface area contributed by atoms with Gasteiger partial charge in [-0.25, -0.2) is 4.98 Å². The van der Waals surface area contributed by atoms with E-state index in [0.717, 1.165) is 10.4 Å². The molecule has 1 saturated carbocycles. The lowest BCUT2D eigenvalue weighted by Gasteiger charge is -2.26. The highest BCUT2D eigenvalue weighted by molar-refractivity contribution is 7.16. The van der Waals surface area contributed by atoms with E-state index < -0.39 is 5.97 Å². The number of carbonyl (C=O) groups excluding carboxylic acids is 1. The number of fused-ring (bicyclic) bond motifs is 2. The van der Waals surface area contributed by atoms with Crippen LogP contribution in [-0.4, -0.2) is 32.4 Å². The maximum Gasteiger partial charge on any atom is 0.306 e. The Balaban J connectivity index is 1.48. The van der Waals surface area contributed by atoms with Crippen LogP contribution in [0, 0.1) is 17.2 Å². The number of aromatic nitrogens is 2. The number of nitrogens with zero attached hydrogens (tertiary/aromatic N) is 3. The van der Waals surface area contributed by atoms with E-state index >= 15 is 0 Å². The molecule has 3 aromatic heterocycles. The van der Waals surface area contributed by atoms with E-state index in [1.165, 1.54) is 15.7 Å². The first-order chi connectivity index (χ1) is 16.4. The third-order valence-electron chi connectivity index (χ3n) is 6.30. The maximum absolute atomic E-state index is 13.3. The summed E-state index contributed by atoms with van der Waals surface area (Å²) in [6, 6.07) is 14.2. The molecule has 0 bridgehead atoms. The molecule has 1 aliphatic rings. The van der Waals surface area contributed by atoms with Crippen molar-refractivity contribution < 1.29 is 14.7 Å². The molecule has 0 saturated heterocycles. The van der Waals surface area contributed by atoms with E-state index in [-0.39, 0.29) is 29.1 Å². The van der Waals surface area contributed by atoms with Crippen molar-refractivity contribution in [3.05, 3.63) is 69.5 Å². The van der Waals surface area contributed by atoms with Crippen LogP contribution in [0.3, 0.4) is 0 Å². The van der Waals surface area contributed by atoms with Gasteiger partial charge in [-0.1, -0.05) is 6.07 Å². The number of hydrogen-bond donors (Lipinski definition) is 2. The highest BCUT2D eigenvalue weighted by Crippen LogP contribution is 2.29. The van der Waals surface area contributed by atoms with E-state index in [4.69, 9.17) is 10.4 Å². The first-order valence-corrected chi connectivity index (χ1v) is 11.8. The number of pyridine rings is 1. The van der Waals surface area contributed by atoms with E-state index in [9.17, 15) is 14.4 Å². The molecule has 8 nitrogen and oxygen atoms in total. The average Bonchev–Trinajstić information content (AvgIpc) is 3.33. The summed E-state index contributed by atoms with van der Waals surface area (Å²) in [5, 5.41) is 21.7. The molecule has 1 aromatic carbocycles. The van der Waals surface area contributed by atoms with Gasteiger partial charge in [0.25, 0.3) is 11.5 Å². The maximum atomic E-state index is 13.3. The molecule has 34 heavy (non-hydrogen) atoms. The average molecular weight is 473 g/mol. The molecule has 1 aliphatic carbocycles. The molecule has 3 heterocycles. The van der Waals surface area contributed by atoms with Gasteiger partial charge in [-0.15, -0.1) is 11.3 Å². The van der Waals surface area contributed by atoms with Crippen LogP contribution in [0.15, 0.2) is 53.5 Å². The lowest BCUT2D eigenvalue weighted by molar-refractivity contribution is -0.142. The number of thiophene rings is 1. The lowest BCUT2D eigenvalue weighted by Crippen LogP contribution is -2.39. The number of carboxylic acid groups (broad SMARTS) is 1. The molecular weight excluding hydrogens is 452 g/mol. The smallest absolute Gasteiger partial charge is 0.306 e. The molecule has 0 spiro atoms. The number of carbonyl (C=O) groups is 2. The molecule has 1 amide bonds. The highest BCUT2D eigenvalue weighted by Gasteiger charge is 2.27. The van der Waals surface area contributed by atoms with Crippen LogP contribution in [0.5, 0.6) is 0 Å². The van der Waals surface area contributed by atoms with Gasteiger partial charge in [0.2, 0.25) is 0 Å². The van der Waals surface area contributed by atoms with E-state index in [2.05, 4.69) is 16.4 Å². The highest BCUT2D eigenvalue weighted by atomic mass is 32.1. The number of rotatable bonds is 4. The molecular formula is C25H20N4O4S. The second-order valence-electron chi connectivity index (χ2n) is 8.40. The lowest BCUT2D eigenvalue weighted by atomic mass is 9.86. The van der Waals surface area contributed by atoms with Gasteiger partial charge in [-0.2, -0.15) is 5.26 Å². The third-order valence-corrected chi connectivity index (χ3v) is 7.34. The predicted octanol–water partition coefficient (Wildman–Crippen LogP) is 3.82. The van der Waals surface area contributed by atoms with Crippen molar-refractivity contribution in [3.63, 3.8) is 0 Å². The monoisotopic (exact) mass is 472 g/mol. The van der Waals surface area contributed by atoms with Gasteiger partial charge in [0.15, 0.2) is 5.65 Å². The first-order valence-electron chi connectivity index (χ1n) is 10.9. The molecule has 0 atom stereocenters. The summed E-state index contributed by atoms with van der Waals surface area (Å²) in [7, 11) is 0. The zero-order valence-corrected chi connectivity index (χ0v) is 18.8. The van der Waals surface area contributed by atoms with Crippen molar-refractivity contribution in [2.75, 3.05) is 0 Å². The summed E-state index contributed by atoms with van der Waals surface area (Å²) >= 11 is 1.35. The van der Waals surface area contributed by atoms with Gasteiger partial charge in [-0.05, 0) is 67.6 Å². The van der Waals surface area contributed by atoms with Crippen LogP contribution in [-0.2, 0) is 4.79 Å². The van der Waals surface area contributed by atoms with Gasteiger partial charge in [0, 0.05) is 17.1 Å². The summed E-state index contributed by atoms with van der Waals surface area (Å²) in [5.41, 5.74) is 1.59. The third kappa shape index (κ3) is 3.93. The van der Waals surface area contributed by atoms with Gasteiger partial charge in [-0.3, -0.25) is 18.8 Å². The van der Waals surface area contributed by atoms with Gasteiger partial charge in [0.1, 0.15) is 10.9 Å². The first kappa shape index (κ1) is 21.8. The molecule has 4 aromatic rings. The van der Waals surface area contributed by atoms with Crippen molar-refractivity contribution in [1.29, 1.82) is 5.26 Å². The Labute approximate surface area is 198 Å². The topological polar surface area (TPSA) is 125 Å². The Morgan fingerprint density at radius 1 is 1.15 bits per heavy atom. The Morgan fingerprint density at radius 2 is 1.94 bits per heavy atom. The number of hydrogen-bond acceptors (Lipinski definition) is 6. The zero-order valence-electron chi connectivity index (χ0n) is 18.0. The molecule has 0 aliphatic heterocycles. The van der Waals surface area contributed by atoms with Crippen molar-refractivity contribution in [2.24, 2.45) is 5.92 Å². The number of nitriles is 1. The Bertz CT molecular complexity index is 1540. The van der Waals surface area contributed by atoms with Gasteiger partial charge < -0.3 is 10.4 Å². The fourth-order valence-corrected chi connectivity index (χ4v) is 5.26. The van der Waals surface area contributed by atoms with Crippen LogP contribution in [0.25, 0.3) is 27.0 Å². The minimum absolute atomic E-state index is 0.109. The van der Waals surface area contributed by atoms with Gasteiger partial charge >= 0.3 is 5.97 Å². The number of carboxylic acids is 1. The van der Waals surface area contributed by atoms with Crippen molar-refractivity contribution in [2.45, 2.75) is 31.7 Å². The largest absolute Gasteiger partial charge is 0.481 e. The summed E-state index contributed by atoms with van der Waals surface area (Å²) in [4.78, 5) is 43.6. The molecule has 0 unspecified atom stereocenters. The fraction of sp³-hybridized carbons (Fsp3) is 0.240. The summed E-state index contributed by atoms with van der Waals surface area (Å²) in [6.45, 7) is 0. The Hall–Kier alpha value is -4.03. The summed E-state index contributed by atoms with van der Waals surface area (Å²) < 4.78 is 1.37. The van der Waals surface area contributed by atoms with E-state index in [1.807, 2.05) is 12.1 Å². The Kier molecular flexibility index (Phi) is 5.59. The minimum atomic E-state index is -0.790. The zero-order chi connectivity index (χ0) is 23.8. The number of amides is 1. The van der Waals surface area contributed by atoms with Crippen LogP contribution < -0.4 is 10.9 Å². The second-order valence-corrected chi connectivity index (χ2v) is 9.48. The van der Waals surface area contributed by atoms with Crippen molar-refractivity contribution in [3.8, 4) is 16.5 Å². The molecule has 9 heteroatoms.